The molecule has 3 N–H and O–H groups in total. The van der Waals surface area contributed by atoms with Crippen molar-refractivity contribution in [2.45, 2.75) is 62.9 Å². The Labute approximate surface area is 235 Å². The summed E-state index contributed by atoms with van der Waals surface area (Å²) in [5.74, 6) is -2.99. The fourth-order valence-electron chi connectivity index (χ4n) is 6.15. The van der Waals surface area contributed by atoms with Crippen LogP contribution in [0, 0.1) is 11.4 Å². The van der Waals surface area contributed by atoms with E-state index in [1.54, 1.807) is 10.9 Å². The molecule has 4 aromatic heterocycles. The van der Waals surface area contributed by atoms with Crippen LogP contribution in [0.4, 0.5) is 17.6 Å². The topological polar surface area (TPSA) is 129 Å². The van der Waals surface area contributed by atoms with Gasteiger partial charge in [-0.05, 0) is 67.7 Å². The van der Waals surface area contributed by atoms with Crippen LogP contribution in [0.5, 0.6) is 5.88 Å². The lowest BCUT2D eigenvalue weighted by molar-refractivity contribution is -0.145. The van der Waals surface area contributed by atoms with E-state index < -0.39 is 29.8 Å². The third kappa shape index (κ3) is 4.64. The summed E-state index contributed by atoms with van der Waals surface area (Å²) in [6, 6.07) is 5.49. The van der Waals surface area contributed by atoms with Crippen molar-refractivity contribution in [2.24, 2.45) is 11.1 Å². The predicted octanol–water partition coefficient (Wildman–Crippen LogP) is 4.30. The first kappa shape index (κ1) is 26.4. The first-order valence-corrected chi connectivity index (χ1v) is 13.6. The maximum absolute atomic E-state index is 13.9. The Kier molecular flexibility index (Phi) is 5.82. The number of hydrogen-bond donors (Lipinski definition) is 2. The Bertz CT molecular complexity index is 1710. The highest BCUT2D eigenvalue weighted by Crippen LogP contribution is 2.57. The number of aromatic nitrogens is 5. The third-order valence-electron chi connectivity index (χ3n) is 8.34. The molecule has 0 aliphatic heterocycles. The van der Waals surface area contributed by atoms with Crippen LogP contribution in [0.3, 0.4) is 0 Å². The van der Waals surface area contributed by atoms with E-state index in [4.69, 9.17) is 10.5 Å². The highest BCUT2D eigenvalue weighted by Gasteiger charge is 2.54. The first-order valence-electron chi connectivity index (χ1n) is 13.6. The average Bonchev–Trinajstić information content (AvgIpc) is 3.53. The number of nitrogens with one attached hydrogen (secondary N) is 1. The molecule has 3 saturated carbocycles. The number of primary amides is 1. The predicted molar refractivity (Wildman–Crippen MR) is 139 cm³/mol. The number of nitrogens with zero attached hydrogens (tertiary/aromatic N) is 5. The molecular formula is C28H25F4N7O3. The highest BCUT2D eigenvalue weighted by atomic mass is 19.4. The zero-order valence-electron chi connectivity index (χ0n) is 22.1. The number of ether oxygens (including phenoxy) is 1. The summed E-state index contributed by atoms with van der Waals surface area (Å²) < 4.78 is 63.3. The minimum atomic E-state index is -4.81. The lowest BCUT2D eigenvalue weighted by Crippen LogP contribution is -2.58. The number of alkyl halides is 3. The van der Waals surface area contributed by atoms with E-state index in [2.05, 4.69) is 20.4 Å². The van der Waals surface area contributed by atoms with Gasteiger partial charge in [0, 0.05) is 30.2 Å². The molecule has 7 rings (SSSR count). The summed E-state index contributed by atoms with van der Waals surface area (Å²) >= 11 is 0. The number of carbonyl (C=O) groups is 2. The van der Waals surface area contributed by atoms with Crippen LogP contribution in [-0.4, -0.2) is 48.1 Å². The Morgan fingerprint density at radius 2 is 1.79 bits per heavy atom. The fourth-order valence-corrected chi connectivity index (χ4v) is 6.15. The molecule has 14 heteroatoms. The van der Waals surface area contributed by atoms with Gasteiger partial charge >= 0.3 is 6.18 Å². The van der Waals surface area contributed by atoms with Gasteiger partial charge in [0.2, 0.25) is 17.7 Å². The Balaban J connectivity index is 1.01. The number of fused-ring (bicyclic) bond motifs is 1. The molecule has 0 radical (unpaired) electrons. The fraction of sp³-hybridized carbons (Fsp3) is 0.393. The molecule has 0 aromatic carbocycles. The van der Waals surface area contributed by atoms with Gasteiger partial charge in [-0.1, -0.05) is 6.07 Å². The molecule has 2 amide bonds. The molecule has 0 bridgehead atoms. The van der Waals surface area contributed by atoms with E-state index in [9.17, 15) is 27.2 Å². The van der Waals surface area contributed by atoms with E-state index in [0.29, 0.717) is 36.8 Å². The molecule has 3 fully saturated rings. The SMILES string of the molecule is NC(=O)c1cn(C2CC2)nc1OC1CC2(CC(NC(=O)c3nc(C(F)(F)F)n4cc(-c5ccc(F)nc5)ccc34)C2)C1. The molecule has 0 unspecified atom stereocenters. The van der Waals surface area contributed by atoms with Crippen molar-refractivity contribution in [1.29, 1.82) is 0 Å². The molecule has 10 nitrogen and oxygen atoms in total. The third-order valence-corrected chi connectivity index (χ3v) is 8.34. The van der Waals surface area contributed by atoms with Crippen molar-refractivity contribution in [2.75, 3.05) is 0 Å². The van der Waals surface area contributed by atoms with Crippen LogP contribution in [0.25, 0.3) is 16.6 Å². The Morgan fingerprint density at radius 3 is 2.43 bits per heavy atom. The van der Waals surface area contributed by atoms with Gasteiger partial charge in [-0.25, -0.2) is 9.97 Å². The summed E-state index contributed by atoms with van der Waals surface area (Å²) in [5, 5.41) is 7.22. The quantitative estimate of drug-likeness (QED) is 0.247. The number of carbonyl (C=O) groups excluding carboxylic acids is 2. The number of nitrogens with two attached hydrogens (primary N) is 1. The van der Waals surface area contributed by atoms with Gasteiger partial charge in [0.25, 0.3) is 11.8 Å². The largest absolute Gasteiger partial charge is 0.473 e. The normalized spacial score (nSPS) is 23.4. The summed E-state index contributed by atoms with van der Waals surface area (Å²) in [7, 11) is 0. The van der Waals surface area contributed by atoms with Gasteiger partial charge in [0.15, 0.2) is 5.69 Å². The van der Waals surface area contributed by atoms with Crippen LogP contribution in [-0.2, 0) is 6.18 Å². The summed E-state index contributed by atoms with van der Waals surface area (Å²) in [5.41, 5.74) is 6.15. The van der Waals surface area contributed by atoms with Gasteiger partial charge in [-0.3, -0.25) is 18.7 Å². The van der Waals surface area contributed by atoms with Gasteiger partial charge in [0.05, 0.1) is 11.6 Å². The number of halogens is 4. The summed E-state index contributed by atoms with van der Waals surface area (Å²) in [6.07, 6.45) is 3.82. The van der Waals surface area contributed by atoms with Crippen molar-refractivity contribution >= 4 is 17.3 Å². The van der Waals surface area contributed by atoms with Crippen molar-refractivity contribution in [3.8, 4) is 17.0 Å². The molecule has 3 aliphatic rings. The molecule has 4 aromatic rings. The average molecular weight is 584 g/mol. The van der Waals surface area contributed by atoms with Crippen molar-refractivity contribution in [3.63, 3.8) is 0 Å². The van der Waals surface area contributed by atoms with E-state index in [0.717, 1.165) is 23.3 Å². The number of hydrogen-bond acceptors (Lipinski definition) is 6. The summed E-state index contributed by atoms with van der Waals surface area (Å²) in [4.78, 5) is 32.1. The van der Waals surface area contributed by atoms with E-state index >= 15 is 0 Å². The molecule has 4 heterocycles. The second-order valence-corrected chi connectivity index (χ2v) is 11.5. The molecule has 42 heavy (non-hydrogen) atoms. The first-order chi connectivity index (χ1) is 20.0. The van der Waals surface area contributed by atoms with E-state index in [1.807, 2.05) is 0 Å². The van der Waals surface area contributed by atoms with Crippen LogP contribution in [0.1, 0.15) is 71.2 Å². The molecule has 0 atom stereocenters. The highest BCUT2D eigenvalue weighted by molar-refractivity contribution is 5.99. The number of pyridine rings is 2. The van der Waals surface area contributed by atoms with Crippen LogP contribution < -0.4 is 15.8 Å². The molecular weight excluding hydrogens is 558 g/mol. The second-order valence-electron chi connectivity index (χ2n) is 11.5. The Hall–Kier alpha value is -4.49. The molecule has 218 valence electrons. The van der Waals surface area contributed by atoms with Gasteiger partial charge in [0.1, 0.15) is 11.7 Å². The van der Waals surface area contributed by atoms with Gasteiger partial charge in [-0.2, -0.15) is 17.6 Å². The van der Waals surface area contributed by atoms with Crippen LogP contribution >= 0.6 is 0 Å². The lowest BCUT2D eigenvalue weighted by Gasteiger charge is -2.57. The molecule has 1 spiro atoms. The van der Waals surface area contributed by atoms with Gasteiger partial charge < -0.3 is 15.8 Å². The zero-order chi connectivity index (χ0) is 29.4. The number of amides is 2. The van der Waals surface area contributed by atoms with Crippen molar-refractivity contribution in [1.82, 2.24) is 29.5 Å². The molecule has 0 saturated heterocycles. The zero-order valence-corrected chi connectivity index (χ0v) is 22.1. The maximum atomic E-state index is 13.9. The lowest BCUT2D eigenvalue weighted by atomic mass is 9.53. The standard InChI is InChI=1S/C28H25F4N7O3/c29-21-6-2-14(11-34-21)15-1-5-20-22(36-26(28(30,31)32)38(20)12-15)24(41)35-16-7-27(8-16)9-18(10-27)42-25-19(23(33)40)13-39(37-25)17-3-4-17/h1-2,5-6,11-13,16-18H,3-4,7-10H2,(H2,33,40)(H,35,41). The monoisotopic (exact) mass is 583 g/mol. The second kappa shape index (κ2) is 9.26. The van der Waals surface area contributed by atoms with Crippen LogP contribution in [0.2, 0.25) is 0 Å². The molecule has 3 aliphatic carbocycles. The summed E-state index contributed by atoms with van der Waals surface area (Å²) in [6.45, 7) is 0. The smallest absolute Gasteiger partial charge is 0.450 e. The number of rotatable bonds is 7. The Morgan fingerprint density at radius 1 is 1.05 bits per heavy atom. The maximum Gasteiger partial charge on any atom is 0.450 e. The van der Waals surface area contributed by atoms with Gasteiger partial charge in [-0.15, -0.1) is 5.10 Å². The van der Waals surface area contributed by atoms with E-state index in [1.165, 1.54) is 30.6 Å². The number of imidazole rings is 1. The van der Waals surface area contributed by atoms with E-state index in [-0.39, 0.29) is 46.3 Å². The van der Waals surface area contributed by atoms with Crippen molar-refractivity contribution < 1.29 is 31.9 Å². The van der Waals surface area contributed by atoms with Crippen molar-refractivity contribution in [3.05, 3.63) is 65.9 Å². The minimum absolute atomic E-state index is 0.000630. The van der Waals surface area contributed by atoms with Crippen LogP contribution in [0.15, 0.2) is 42.9 Å². The minimum Gasteiger partial charge on any atom is -0.473 e.